The largest absolute Gasteiger partial charge is 0.367 e. The third-order valence-electron chi connectivity index (χ3n) is 4.63. The Morgan fingerprint density at radius 1 is 1.28 bits per heavy atom. The highest BCUT2D eigenvalue weighted by molar-refractivity contribution is 5.59. The van der Waals surface area contributed by atoms with Crippen LogP contribution in [0.25, 0.3) is 11.3 Å². The molecule has 0 spiro atoms. The highest BCUT2D eigenvalue weighted by Gasteiger charge is 2.21. The van der Waals surface area contributed by atoms with Crippen LogP contribution in [0.3, 0.4) is 0 Å². The maximum Gasteiger partial charge on any atom is 0.135 e. The number of ether oxygens (including phenoxy) is 1. The second-order valence-electron chi connectivity index (χ2n) is 6.58. The second kappa shape index (κ2) is 6.82. The molecular formula is C19H23N5O. The molecule has 1 aliphatic heterocycles. The lowest BCUT2D eigenvalue weighted by atomic mass is 10.1. The first-order valence-corrected chi connectivity index (χ1v) is 8.60. The average molecular weight is 337 g/mol. The highest BCUT2D eigenvalue weighted by Crippen LogP contribution is 2.22. The van der Waals surface area contributed by atoms with E-state index in [2.05, 4.69) is 52.3 Å². The zero-order valence-corrected chi connectivity index (χ0v) is 14.6. The van der Waals surface area contributed by atoms with Crippen molar-refractivity contribution in [2.24, 2.45) is 7.05 Å². The molecule has 4 rings (SSSR count). The van der Waals surface area contributed by atoms with Crippen LogP contribution in [0.5, 0.6) is 0 Å². The van der Waals surface area contributed by atoms with Crippen molar-refractivity contribution in [1.29, 1.82) is 0 Å². The van der Waals surface area contributed by atoms with Crippen molar-refractivity contribution in [1.82, 2.24) is 24.4 Å². The lowest BCUT2D eigenvalue weighted by Gasteiger charge is -2.24. The summed E-state index contributed by atoms with van der Waals surface area (Å²) >= 11 is 0. The number of aryl methyl sites for hydroxylation is 2. The van der Waals surface area contributed by atoms with Gasteiger partial charge in [-0.15, -0.1) is 0 Å². The van der Waals surface area contributed by atoms with Gasteiger partial charge in [0.25, 0.3) is 0 Å². The van der Waals surface area contributed by atoms with Gasteiger partial charge in [0, 0.05) is 37.7 Å². The Kier molecular flexibility index (Phi) is 4.38. The Morgan fingerprint density at radius 3 is 2.88 bits per heavy atom. The molecule has 1 aromatic carbocycles. The molecule has 0 fully saturated rings. The van der Waals surface area contributed by atoms with Crippen molar-refractivity contribution >= 4 is 0 Å². The van der Waals surface area contributed by atoms with E-state index in [1.807, 2.05) is 24.0 Å². The predicted molar refractivity (Wildman–Crippen MR) is 95.9 cm³/mol. The molecule has 0 amide bonds. The molecule has 1 atom stereocenters. The summed E-state index contributed by atoms with van der Waals surface area (Å²) < 4.78 is 10.2. The second-order valence-corrected chi connectivity index (χ2v) is 6.58. The number of nitrogens with zero attached hydrogens (tertiary/aromatic N) is 4. The van der Waals surface area contributed by atoms with Crippen molar-refractivity contribution in [3.05, 3.63) is 60.1 Å². The maximum absolute atomic E-state index is 5.95. The number of hydrogen-bond donors (Lipinski definition) is 1. The van der Waals surface area contributed by atoms with Crippen LogP contribution in [0.1, 0.15) is 17.2 Å². The normalized spacial score (nSPS) is 16.8. The van der Waals surface area contributed by atoms with Gasteiger partial charge in [0.05, 0.1) is 24.9 Å². The first-order valence-electron chi connectivity index (χ1n) is 8.60. The zero-order chi connectivity index (χ0) is 17.2. The Bertz CT molecular complexity index is 849. The first-order chi connectivity index (χ1) is 12.2. The molecule has 1 aliphatic rings. The van der Waals surface area contributed by atoms with Crippen LogP contribution >= 0.6 is 0 Å². The molecular weight excluding hydrogens is 314 g/mol. The van der Waals surface area contributed by atoms with E-state index < -0.39 is 0 Å². The van der Waals surface area contributed by atoms with Gasteiger partial charge in [-0.25, -0.2) is 9.97 Å². The van der Waals surface area contributed by atoms with Crippen LogP contribution in [-0.4, -0.2) is 31.8 Å². The Balaban J connectivity index is 1.38. The third kappa shape index (κ3) is 3.50. The molecule has 3 heterocycles. The van der Waals surface area contributed by atoms with Crippen LogP contribution in [-0.2, 0) is 31.5 Å². The van der Waals surface area contributed by atoms with Gasteiger partial charge >= 0.3 is 0 Å². The molecule has 6 nitrogen and oxygen atoms in total. The van der Waals surface area contributed by atoms with E-state index in [4.69, 9.17) is 9.72 Å². The molecule has 3 aromatic rings. The minimum Gasteiger partial charge on any atom is -0.367 e. The van der Waals surface area contributed by atoms with Gasteiger partial charge in [0.1, 0.15) is 18.3 Å². The summed E-state index contributed by atoms with van der Waals surface area (Å²) in [6.07, 6.45) is 6.05. The Labute approximate surface area is 147 Å². The Hall–Kier alpha value is -2.44. The van der Waals surface area contributed by atoms with E-state index in [1.165, 1.54) is 5.56 Å². The smallest absolute Gasteiger partial charge is 0.135 e. The van der Waals surface area contributed by atoms with Gasteiger partial charge in [-0.1, -0.05) is 29.8 Å². The fourth-order valence-corrected chi connectivity index (χ4v) is 3.09. The molecule has 0 bridgehead atoms. The third-order valence-corrected chi connectivity index (χ3v) is 4.63. The molecule has 25 heavy (non-hydrogen) atoms. The quantitative estimate of drug-likeness (QED) is 0.776. The van der Waals surface area contributed by atoms with Crippen LogP contribution in [0.2, 0.25) is 0 Å². The van der Waals surface area contributed by atoms with Crippen LogP contribution < -0.4 is 5.32 Å². The molecule has 2 aromatic heterocycles. The molecule has 6 heteroatoms. The number of nitrogens with one attached hydrogen (secondary N) is 1. The number of rotatable bonds is 5. The van der Waals surface area contributed by atoms with E-state index >= 15 is 0 Å². The molecule has 130 valence electrons. The van der Waals surface area contributed by atoms with Crippen molar-refractivity contribution in [3.63, 3.8) is 0 Å². The Morgan fingerprint density at radius 2 is 2.12 bits per heavy atom. The zero-order valence-electron chi connectivity index (χ0n) is 14.6. The fourth-order valence-electron chi connectivity index (χ4n) is 3.09. The van der Waals surface area contributed by atoms with Crippen molar-refractivity contribution in [3.8, 4) is 11.3 Å². The average Bonchev–Trinajstić information content (AvgIpc) is 3.21. The number of imidazole rings is 2. The highest BCUT2D eigenvalue weighted by atomic mass is 16.5. The van der Waals surface area contributed by atoms with Gasteiger partial charge < -0.3 is 19.2 Å². The van der Waals surface area contributed by atoms with Crippen LogP contribution in [0.4, 0.5) is 0 Å². The van der Waals surface area contributed by atoms with E-state index in [0.717, 1.165) is 42.5 Å². The molecule has 0 saturated heterocycles. The minimum atomic E-state index is 0.146. The summed E-state index contributed by atoms with van der Waals surface area (Å²) in [5, 5.41) is 3.43. The maximum atomic E-state index is 5.95. The summed E-state index contributed by atoms with van der Waals surface area (Å²) in [5.41, 5.74) is 3.42. The topological polar surface area (TPSA) is 56.9 Å². The SMILES string of the molecule is Cc1ccc(-c2cn3c(n2)CO[C@@H](CNCc2nccn2C)C3)cc1. The van der Waals surface area contributed by atoms with E-state index in [9.17, 15) is 0 Å². The van der Waals surface area contributed by atoms with Gasteiger partial charge in [0.15, 0.2) is 0 Å². The summed E-state index contributed by atoms with van der Waals surface area (Å²) in [6.45, 7) is 5.01. The monoisotopic (exact) mass is 337 g/mol. The van der Waals surface area contributed by atoms with E-state index in [1.54, 1.807) is 0 Å². The van der Waals surface area contributed by atoms with Crippen molar-refractivity contribution in [2.45, 2.75) is 32.7 Å². The van der Waals surface area contributed by atoms with Crippen molar-refractivity contribution < 1.29 is 4.74 Å². The van der Waals surface area contributed by atoms with Gasteiger partial charge in [0.2, 0.25) is 0 Å². The molecule has 0 saturated carbocycles. The van der Waals surface area contributed by atoms with Crippen LogP contribution in [0, 0.1) is 6.92 Å². The minimum absolute atomic E-state index is 0.146. The predicted octanol–water partition coefficient (Wildman–Crippen LogP) is 2.28. The fraction of sp³-hybridized carbons (Fsp3) is 0.368. The van der Waals surface area contributed by atoms with Crippen LogP contribution in [0.15, 0.2) is 42.9 Å². The lowest BCUT2D eigenvalue weighted by Crippen LogP contribution is -2.36. The number of fused-ring (bicyclic) bond motifs is 1. The lowest BCUT2D eigenvalue weighted by molar-refractivity contribution is 0.00268. The number of hydrogen-bond acceptors (Lipinski definition) is 4. The standard InChI is InChI=1S/C19H23N5O/c1-14-3-5-15(6-4-14)17-12-24-11-16(25-13-19(24)22-17)9-20-10-18-21-7-8-23(18)2/h3-8,12,16,20H,9-11,13H2,1-2H3/t16-/m0/s1. The molecule has 0 aliphatic carbocycles. The first kappa shape index (κ1) is 16.1. The molecule has 0 unspecified atom stereocenters. The van der Waals surface area contributed by atoms with Gasteiger partial charge in [-0.3, -0.25) is 0 Å². The summed E-state index contributed by atoms with van der Waals surface area (Å²) in [7, 11) is 2.01. The van der Waals surface area contributed by atoms with Gasteiger partial charge in [-0.2, -0.15) is 0 Å². The van der Waals surface area contributed by atoms with E-state index in [0.29, 0.717) is 6.61 Å². The molecule has 1 N–H and O–H groups in total. The van der Waals surface area contributed by atoms with Gasteiger partial charge in [-0.05, 0) is 6.92 Å². The number of aromatic nitrogens is 4. The molecule has 0 radical (unpaired) electrons. The summed E-state index contributed by atoms with van der Waals surface area (Å²) in [6, 6.07) is 8.48. The van der Waals surface area contributed by atoms with E-state index in [-0.39, 0.29) is 6.10 Å². The summed E-state index contributed by atoms with van der Waals surface area (Å²) in [5.74, 6) is 2.02. The summed E-state index contributed by atoms with van der Waals surface area (Å²) in [4.78, 5) is 9.04. The van der Waals surface area contributed by atoms with Crippen molar-refractivity contribution in [2.75, 3.05) is 6.54 Å². The number of benzene rings is 1.